The van der Waals surface area contributed by atoms with Crippen molar-refractivity contribution in [3.8, 4) is 5.75 Å². The Bertz CT molecular complexity index is 672. The minimum atomic E-state index is -0.0773. The number of para-hydroxylation sites is 2. The third kappa shape index (κ3) is 3.56. The van der Waals surface area contributed by atoms with E-state index >= 15 is 0 Å². The van der Waals surface area contributed by atoms with Gasteiger partial charge in [0.15, 0.2) is 6.61 Å². The molecule has 26 heavy (non-hydrogen) atoms. The van der Waals surface area contributed by atoms with Crippen molar-refractivity contribution >= 4 is 17.5 Å². The quantitative estimate of drug-likeness (QED) is 0.808. The number of anilines is 1. The molecule has 3 heterocycles. The van der Waals surface area contributed by atoms with Gasteiger partial charge in [0.1, 0.15) is 5.75 Å². The standard InChI is InChI=1S/C20H27N3O3/c24-19(22-12-5-6-16(22)14-21-10-3-4-11-21)9-13-23-17-7-1-2-8-18(17)26-15-20(23)25/h1-2,7-8,16H,3-6,9-15H2/t16-/m1/s1. The summed E-state index contributed by atoms with van der Waals surface area (Å²) in [5.41, 5.74) is 0.770. The first-order valence-corrected chi connectivity index (χ1v) is 9.76. The molecule has 4 rings (SSSR count). The fraction of sp³-hybridized carbons (Fsp3) is 0.600. The second kappa shape index (κ2) is 7.66. The van der Waals surface area contributed by atoms with E-state index in [-0.39, 0.29) is 18.4 Å². The molecule has 6 heteroatoms. The van der Waals surface area contributed by atoms with Crippen molar-refractivity contribution < 1.29 is 14.3 Å². The number of hydrogen-bond acceptors (Lipinski definition) is 4. The molecule has 1 aromatic rings. The fourth-order valence-corrected chi connectivity index (χ4v) is 4.37. The molecule has 2 fully saturated rings. The molecule has 0 aliphatic carbocycles. The van der Waals surface area contributed by atoms with Crippen molar-refractivity contribution in [3.05, 3.63) is 24.3 Å². The van der Waals surface area contributed by atoms with Crippen molar-refractivity contribution in [1.29, 1.82) is 0 Å². The van der Waals surface area contributed by atoms with Gasteiger partial charge >= 0.3 is 0 Å². The number of likely N-dealkylation sites (tertiary alicyclic amines) is 2. The number of hydrogen-bond donors (Lipinski definition) is 0. The van der Waals surface area contributed by atoms with Crippen molar-refractivity contribution in [2.75, 3.05) is 44.2 Å². The Morgan fingerprint density at radius 3 is 2.77 bits per heavy atom. The summed E-state index contributed by atoms with van der Waals surface area (Å²) < 4.78 is 5.47. The zero-order valence-electron chi connectivity index (χ0n) is 15.2. The van der Waals surface area contributed by atoms with Crippen LogP contribution in [0.5, 0.6) is 5.75 Å². The maximum atomic E-state index is 12.8. The predicted molar refractivity (Wildman–Crippen MR) is 99.3 cm³/mol. The van der Waals surface area contributed by atoms with E-state index in [9.17, 15) is 9.59 Å². The molecule has 0 aromatic heterocycles. The molecule has 1 atom stereocenters. The van der Waals surface area contributed by atoms with E-state index in [2.05, 4.69) is 9.80 Å². The van der Waals surface area contributed by atoms with E-state index in [1.54, 1.807) is 4.90 Å². The molecular formula is C20H27N3O3. The first kappa shape index (κ1) is 17.3. The Morgan fingerprint density at radius 2 is 1.92 bits per heavy atom. The van der Waals surface area contributed by atoms with Gasteiger partial charge in [0, 0.05) is 32.1 Å². The first-order valence-electron chi connectivity index (χ1n) is 9.76. The van der Waals surface area contributed by atoms with E-state index in [0.29, 0.717) is 24.8 Å². The van der Waals surface area contributed by atoms with E-state index < -0.39 is 0 Å². The van der Waals surface area contributed by atoms with Gasteiger partial charge in [-0.1, -0.05) is 12.1 Å². The van der Waals surface area contributed by atoms with Gasteiger partial charge in [0.25, 0.3) is 5.91 Å². The highest BCUT2D eigenvalue weighted by atomic mass is 16.5. The number of benzene rings is 1. The first-order chi connectivity index (χ1) is 12.7. The minimum Gasteiger partial charge on any atom is -0.482 e. The van der Waals surface area contributed by atoms with Crippen LogP contribution in [-0.4, -0.2) is 67.0 Å². The van der Waals surface area contributed by atoms with Crippen molar-refractivity contribution in [3.63, 3.8) is 0 Å². The van der Waals surface area contributed by atoms with Gasteiger partial charge in [0.05, 0.1) is 5.69 Å². The summed E-state index contributed by atoms with van der Waals surface area (Å²) in [6.07, 6.45) is 5.11. The number of ether oxygens (including phenoxy) is 1. The third-order valence-corrected chi connectivity index (χ3v) is 5.72. The number of fused-ring (bicyclic) bond motifs is 1. The van der Waals surface area contributed by atoms with Crippen LogP contribution in [-0.2, 0) is 9.59 Å². The van der Waals surface area contributed by atoms with Crippen LogP contribution in [0.1, 0.15) is 32.1 Å². The highest BCUT2D eigenvalue weighted by molar-refractivity contribution is 5.98. The lowest BCUT2D eigenvalue weighted by Gasteiger charge is -2.31. The molecular weight excluding hydrogens is 330 g/mol. The Kier molecular flexibility index (Phi) is 5.11. The van der Waals surface area contributed by atoms with Gasteiger partial charge in [-0.3, -0.25) is 9.59 Å². The van der Waals surface area contributed by atoms with Crippen LogP contribution in [0.15, 0.2) is 24.3 Å². The lowest BCUT2D eigenvalue weighted by Crippen LogP contribution is -2.45. The maximum Gasteiger partial charge on any atom is 0.265 e. The summed E-state index contributed by atoms with van der Waals surface area (Å²) in [6, 6.07) is 7.87. The second-order valence-corrected chi connectivity index (χ2v) is 7.44. The summed E-state index contributed by atoms with van der Waals surface area (Å²) in [5, 5.41) is 0. The zero-order valence-corrected chi connectivity index (χ0v) is 15.2. The average molecular weight is 357 g/mol. The van der Waals surface area contributed by atoms with Crippen molar-refractivity contribution in [1.82, 2.24) is 9.80 Å². The number of nitrogens with zero attached hydrogens (tertiary/aromatic N) is 3. The van der Waals surface area contributed by atoms with Crippen LogP contribution in [0.2, 0.25) is 0 Å². The van der Waals surface area contributed by atoms with Crippen LogP contribution in [0, 0.1) is 0 Å². The average Bonchev–Trinajstić information content (AvgIpc) is 3.33. The Morgan fingerprint density at radius 1 is 1.12 bits per heavy atom. The van der Waals surface area contributed by atoms with E-state index in [4.69, 9.17) is 4.74 Å². The van der Waals surface area contributed by atoms with Gasteiger partial charge in [0.2, 0.25) is 5.91 Å². The summed E-state index contributed by atoms with van der Waals surface area (Å²) in [5.74, 6) is 0.808. The van der Waals surface area contributed by atoms with Gasteiger partial charge in [-0.25, -0.2) is 0 Å². The molecule has 0 saturated carbocycles. The molecule has 2 amide bonds. The Hall–Kier alpha value is -2.08. The Labute approximate surface area is 154 Å². The van der Waals surface area contributed by atoms with Crippen LogP contribution >= 0.6 is 0 Å². The third-order valence-electron chi connectivity index (χ3n) is 5.72. The topological polar surface area (TPSA) is 53.1 Å². The zero-order chi connectivity index (χ0) is 17.9. The molecule has 0 spiro atoms. The summed E-state index contributed by atoms with van der Waals surface area (Å²) in [7, 11) is 0. The highest BCUT2D eigenvalue weighted by Gasteiger charge is 2.32. The maximum absolute atomic E-state index is 12.8. The molecule has 0 N–H and O–H groups in total. The second-order valence-electron chi connectivity index (χ2n) is 7.44. The lowest BCUT2D eigenvalue weighted by atomic mass is 10.2. The van der Waals surface area contributed by atoms with E-state index in [1.165, 1.54) is 12.8 Å². The molecule has 0 bridgehead atoms. The number of carbonyl (C=O) groups is 2. The van der Waals surface area contributed by atoms with Crippen LogP contribution in [0.4, 0.5) is 5.69 Å². The van der Waals surface area contributed by atoms with Gasteiger partial charge < -0.3 is 19.4 Å². The summed E-state index contributed by atoms with van der Waals surface area (Å²) in [4.78, 5) is 31.3. The molecule has 0 radical (unpaired) electrons. The van der Waals surface area contributed by atoms with Crippen LogP contribution < -0.4 is 9.64 Å². The SMILES string of the molecule is O=C1COc2ccccc2N1CCC(=O)N1CCC[C@@H]1CN1CCCC1. The number of rotatable bonds is 5. The smallest absolute Gasteiger partial charge is 0.265 e. The molecule has 0 unspecified atom stereocenters. The normalized spacial score (nSPS) is 23.2. The largest absolute Gasteiger partial charge is 0.482 e. The lowest BCUT2D eigenvalue weighted by molar-refractivity contribution is -0.132. The summed E-state index contributed by atoms with van der Waals surface area (Å²) in [6.45, 7) is 4.66. The number of amides is 2. The number of carbonyl (C=O) groups excluding carboxylic acids is 2. The van der Waals surface area contributed by atoms with Crippen LogP contribution in [0.3, 0.4) is 0 Å². The highest BCUT2D eigenvalue weighted by Crippen LogP contribution is 2.31. The summed E-state index contributed by atoms with van der Waals surface area (Å²) >= 11 is 0. The molecule has 1 aromatic carbocycles. The minimum absolute atomic E-state index is 0.0481. The monoisotopic (exact) mass is 357 g/mol. The van der Waals surface area contributed by atoms with E-state index in [1.807, 2.05) is 24.3 Å². The molecule has 2 saturated heterocycles. The van der Waals surface area contributed by atoms with Gasteiger partial charge in [-0.15, -0.1) is 0 Å². The molecule has 6 nitrogen and oxygen atoms in total. The predicted octanol–water partition coefficient (Wildman–Crippen LogP) is 1.89. The van der Waals surface area contributed by atoms with E-state index in [0.717, 1.165) is 44.7 Å². The molecule has 140 valence electrons. The van der Waals surface area contributed by atoms with Crippen molar-refractivity contribution in [2.24, 2.45) is 0 Å². The Balaban J connectivity index is 1.36. The molecule has 3 aliphatic heterocycles. The van der Waals surface area contributed by atoms with Crippen molar-refractivity contribution in [2.45, 2.75) is 38.1 Å². The molecule has 3 aliphatic rings. The van der Waals surface area contributed by atoms with Crippen LogP contribution in [0.25, 0.3) is 0 Å². The van der Waals surface area contributed by atoms with Gasteiger partial charge in [-0.2, -0.15) is 0 Å². The van der Waals surface area contributed by atoms with Gasteiger partial charge in [-0.05, 0) is 50.9 Å². The fourth-order valence-electron chi connectivity index (χ4n) is 4.37.